The van der Waals surface area contributed by atoms with Crippen molar-refractivity contribution in [2.75, 3.05) is 18.1 Å². The largest absolute Gasteiger partial charge is 0.469 e. The van der Waals surface area contributed by atoms with Gasteiger partial charge in [-0.15, -0.1) is 0 Å². The molecule has 0 aromatic carbocycles. The Bertz CT molecular complexity index is 385. The van der Waals surface area contributed by atoms with Crippen molar-refractivity contribution in [2.24, 2.45) is 0 Å². The van der Waals surface area contributed by atoms with Gasteiger partial charge in [0.2, 0.25) is 0 Å². The van der Waals surface area contributed by atoms with Gasteiger partial charge in [-0.1, -0.05) is 0 Å². The zero-order valence-corrected chi connectivity index (χ0v) is 10.8. The first kappa shape index (κ1) is 11.6. The Kier molecular flexibility index (Phi) is 3.19. The number of hydrogen-bond acceptors (Lipinski definition) is 4. The number of nitrogens with one attached hydrogen (secondary N) is 1. The molecule has 2 atom stereocenters. The molecule has 1 aliphatic heterocycles. The summed E-state index contributed by atoms with van der Waals surface area (Å²) in [5, 5.41) is 13.8. The molecule has 1 aliphatic carbocycles. The molecule has 0 radical (unpaired) electrons. The minimum absolute atomic E-state index is 0.368. The van der Waals surface area contributed by atoms with Crippen LogP contribution >= 0.6 is 11.8 Å². The summed E-state index contributed by atoms with van der Waals surface area (Å²) < 4.78 is 5.48. The van der Waals surface area contributed by atoms with Gasteiger partial charge in [0.05, 0.1) is 11.9 Å². The Labute approximate surface area is 106 Å². The third-order valence-corrected chi connectivity index (χ3v) is 5.05. The summed E-state index contributed by atoms with van der Waals surface area (Å²) >= 11 is 1.85. The van der Waals surface area contributed by atoms with E-state index in [4.69, 9.17) is 4.42 Å². The predicted molar refractivity (Wildman–Crippen MR) is 69.3 cm³/mol. The van der Waals surface area contributed by atoms with Crippen molar-refractivity contribution in [3.8, 4) is 0 Å². The molecule has 0 spiro atoms. The molecule has 1 fully saturated rings. The van der Waals surface area contributed by atoms with Crippen molar-refractivity contribution in [3.05, 3.63) is 23.7 Å². The molecule has 0 amide bonds. The minimum Gasteiger partial charge on any atom is -0.469 e. The fourth-order valence-corrected chi connectivity index (χ4v) is 4.04. The Hall–Kier alpha value is -0.450. The van der Waals surface area contributed by atoms with Gasteiger partial charge in [0.1, 0.15) is 5.76 Å². The van der Waals surface area contributed by atoms with Gasteiger partial charge in [-0.25, -0.2) is 0 Å². The van der Waals surface area contributed by atoms with E-state index in [9.17, 15) is 5.11 Å². The SMILES string of the molecule is O[C@@]1(CN[C@H]2CCCc3occc32)CCSC1. The number of aliphatic hydroxyl groups is 1. The van der Waals surface area contributed by atoms with E-state index >= 15 is 0 Å². The molecule has 0 bridgehead atoms. The maximum absolute atomic E-state index is 10.3. The normalized spacial score (nSPS) is 32.6. The third kappa shape index (κ3) is 2.39. The van der Waals surface area contributed by atoms with Gasteiger partial charge in [0.15, 0.2) is 0 Å². The highest BCUT2D eigenvalue weighted by Crippen LogP contribution is 2.32. The average Bonchev–Trinajstić information content (AvgIpc) is 2.95. The summed E-state index contributed by atoms with van der Waals surface area (Å²) in [5.41, 5.74) is 0.803. The first-order valence-corrected chi connectivity index (χ1v) is 7.52. The molecule has 3 rings (SSSR count). The number of thioether (sulfide) groups is 1. The molecule has 94 valence electrons. The topological polar surface area (TPSA) is 45.4 Å². The zero-order valence-electron chi connectivity index (χ0n) is 9.95. The van der Waals surface area contributed by atoms with Crippen molar-refractivity contribution in [1.82, 2.24) is 5.32 Å². The lowest BCUT2D eigenvalue weighted by Crippen LogP contribution is -2.42. The van der Waals surface area contributed by atoms with Crippen LogP contribution in [0.3, 0.4) is 0 Å². The fourth-order valence-electron chi connectivity index (χ4n) is 2.75. The Morgan fingerprint density at radius 3 is 3.35 bits per heavy atom. The van der Waals surface area contributed by atoms with Crippen LogP contribution in [-0.2, 0) is 6.42 Å². The van der Waals surface area contributed by atoms with Gasteiger partial charge >= 0.3 is 0 Å². The van der Waals surface area contributed by atoms with Gasteiger partial charge < -0.3 is 14.8 Å². The Morgan fingerprint density at radius 1 is 1.59 bits per heavy atom. The molecule has 1 saturated heterocycles. The predicted octanol–water partition coefficient (Wildman–Crippen LogP) is 2.11. The second-order valence-electron chi connectivity index (χ2n) is 5.15. The third-order valence-electron chi connectivity index (χ3n) is 3.81. The van der Waals surface area contributed by atoms with E-state index in [0.717, 1.165) is 36.5 Å². The molecule has 1 aromatic rings. The van der Waals surface area contributed by atoms with Crippen LogP contribution in [0.4, 0.5) is 0 Å². The summed E-state index contributed by atoms with van der Waals surface area (Å²) in [4.78, 5) is 0. The lowest BCUT2D eigenvalue weighted by molar-refractivity contribution is 0.0637. The van der Waals surface area contributed by atoms with Crippen molar-refractivity contribution in [2.45, 2.75) is 37.3 Å². The van der Waals surface area contributed by atoms with Crippen LogP contribution in [0, 0.1) is 0 Å². The quantitative estimate of drug-likeness (QED) is 0.866. The molecule has 2 heterocycles. The summed E-state index contributed by atoms with van der Waals surface area (Å²) in [5.74, 6) is 3.08. The molecule has 0 saturated carbocycles. The molecule has 1 aromatic heterocycles. The van der Waals surface area contributed by atoms with Gasteiger partial charge in [0, 0.05) is 30.3 Å². The first-order chi connectivity index (χ1) is 8.27. The lowest BCUT2D eigenvalue weighted by atomic mass is 9.92. The summed E-state index contributed by atoms with van der Waals surface area (Å²) in [6, 6.07) is 2.44. The molecule has 4 heteroatoms. The standard InChI is InChI=1S/C13H19NO2S/c15-13(5-7-17-9-13)8-14-11-2-1-3-12-10(11)4-6-16-12/h4,6,11,14-15H,1-3,5,7-9H2/t11-,13+/m0/s1. The minimum atomic E-state index is -0.494. The fraction of sp³-hybridized carbons (Fsp3) is 0.692. The van der Waals surface area contributed by atoms with E-state index in [1.165, 1.54) is 12.0 Å². The van der Waals surface area contributed by atoms with Crippen LogP contribution in [-0.4, -0.2) is 28.8 Å². The first-order valence-electron chi connectivity index (χ1n) is 6.37. The molecule has 2 N–H and O–H groups in total. The highest BCUT2D eigenvalue weighted by molar-refractivity contribution is 7.99. The molecule has 17 heavy (non-hydrogen) atoms. The van der Waals surface area contributed by atoms with Crippen molar-refractivity contribution in [3.63, 3.8) is 0 Å². The van der Waals surface area contributed by atoms with E-state index in [-0.39, 0.29) is 0 Å². The monoisotopic (exact) mass is 253 g/mol. The van der Waals surface area contributed by atoms with E-state index in [1.807, 2.05) is 11.8 Å². The Morgan fingerprint density at radius 2 is 2.53 bits per heavy atom. The number of furan rings is 1. The maximum atomic E-state index is 10.3. The van der Waals surface area contributed by atoms with E-state index in [0.29, 0.717) is 12.6 Å². The van der Waals surface area contributed by atoms with Crippen LogP contribution in [0.1, 0.15) is 36.6 Å². The number of fused-ring (bicyclic) bond motifs is 1. The van der Waals surface area contributed by atoms with Gasteiger partial charge in [-0.3, -0.25) is 0 Å². The molecular weight excluding hydrogens is 234 g/mol. The molecule has 0 unspecified atom stereocenters. The number of aryl methyl sites for hydroxylation is 1. The second-order valence-corrected chi connectivity index (χ2v) is 6.26. The second kappa shape index (κ2) is 4.67. The zero-order chi connectivity index (χ0) is 11.7. The van der Waals surface area contributed by atoms with Crippen LogP contribution < -0.4 is 5.32 Å². The van der Waals surface area contributed by atoms with Crippen LogP contribution in [0.2, 0.25) is 0 Å². The van der Waals surface area contributed by atoms with Gasteiger partial charge in [-0.05, 0) is 31.1 Å². The van der Waals surface area contributed by atoms with Crippen LogP contribution in [0.25, 0.3) is 0 Å². The van der Waals surface area contributed by atoms with E-state index in [2.05, 4.69) is 11.4 Å². The van der Waals surface area contributed by atoms with Crippen LogP contribution in [0.15, 0.2) is 16.7 Å². The smallest absolute Gasteiger partial charge is 0.108 e. The van der Waals surface area contributed by atoms with Gasteiger partial charge in [-0.2, -0.15) is 11.8 Å². The highest BCUT2D eigenvalue weighted by atomic mass is 32.2. The van der Waals surface area contributed by atoms with Crippen molar-refractivity contribution >= 4 is 11.8 Å². The van der Waals surface area contributed by atoms with Gasteiger partial charge in [0.25, 0.3) is 0 Å². The van der Waals surface area contributed by atoms with E-state index in [1.54, 1.807) is 6.26 Å². The average molecular weight is 253 g/mol. The molecule has 2 aliphatic rings. The maximum Gasteiger partial charge on any atom is 0.108 e. The summed E-state index contributed by atoms with van der Waals surface area (Å²) in [6.45, 7) is 0.704. The summed E-state index contributed by atoms with van der Waals surface area (Å²) in [7, 11) is 0. The van der Waals surface area contributed by atoms with Crippen molar-refractivity contribution in [1.29, 1.82) is 0 Å². The van der Waals surface area contributed by atoms with Crippen LogP contribution in [0.5, 0.6) is 0 Å². The number of rotatable bonds is 3. The number of hydrogen-bond donors (Lipinski definition) is 2. The Balaban J connectivity index is 1.63. The lowest BCUT2D eigenvalue weighted by Gasteiger charge is -2.28. The summed E-state index contributed by atoms with van der Waals surface area (Å²) in [6.07, 6.45) is 6.07. The molecule has 3 nitrogen and oxygen atoms in total. The molecular formula is C13H19NO2S. The van der Waals surface area contributed by atoms with Crippen molar-refractivity contribution < 1.29 is 9.52 Å². The highest BCUT2D eigenvalue weighted by Gasteiger charge is 2.33. The van der Waals surface area contributed by atoms with E-state index < -0.39 is 5.60 Å².